The molecule has 0 saturated carbocycles. The maximum atomic E-state index is 6.16. The molecule has 1 aliphatic heterocycles. The van der Waals surface area contributed by atoms with Crippen LogP contribution in [0.15, 0.2) is 41.4 Å². The molecule has 1 atom stereocenters. The highest BCUT2D eigenvalue weighted by molar-refractivity contribution is 8.04. The molecule has 0 saturated heterocycles. The molecular formula is C11H12ClNS. The van der Waals surface area contributed by atoms with E-state index in [-0.39, 0.29) is 4.83 Å². The van der Waals surface area contributed by atoms with E-state index < -0.39 is 0 Å². The molecule has 0 amide bonds. The summed E-state index contributed by atoms with van der Waals surface area (Å²) in [6.07, 6.45) is 2.12. The first-order chi connectivity index (χ1) is 6.75. The first-order valence-corrected chi connectivity index (χ1v) is 5.86. The van der Waals surface area contributed by atoms with Crippen LogP contribution in [-0.2, 0) is 6.54 Å². The molecule has 1 nitrogen and oxygen atoms in total. The normalized spacial score (nSPS) is 21.1. The van der Waals surface area contributed by atoms with E-state index in [1.165, 1.54) is 10.5 Å². The largest absolute Gasteiger partial charge is 0.348 e. The lowest BCUT2D eigenvalue weighted by Crippen LogP contribution is -2.18. The first kappa shape index (κ1) is 9.94. The van der Waals surface area contributed by atoms with E-state index in [9.17, 15) is 0 Å². The molecule has 1 aromatic rings. The van der Waals surface area contributed by atoms with Gasteiger partial charge in [-0.3, -0.25) is 0 Å². The van der Waals surface area contributed by atoms with Crippen molar-refractivity contribution in [3.8, 4) is 0 Å². The van der Waals surface area contributed by atoms with Crippen molar-refractivity contribution in [2.75, 3.05) is 0 Å². The summed E-state index contributed by atoms with van der Waals surface area (Å²) in [6.45, 7) is 2.98. The summed E-state index contributed by atoms with van der Waals surface area (Å²) in [5, 5.41) is 0. The highest BCUT2D eigenvalue weighted by Crippen LogP contribution is 2.35. The predicted octanol–water partition coefficient (Wildman–Crippen LogP) is 3.62. The van der Waals surface area contributed by atoms with Crippen LogP contribution < -0.4 is 0 Å². The van der Waals surface area contributed by atoms with E-state index in [0.717, 1.165) is 6.54 Å². The van der Waals surface area contributed by atoms with Crippen LogP contribution in [0.4, 0.5) is 0 Å². The molecule has 0 bridgehead atoms. The van der Waals surface area contributed by atoms with Crippen LogP contribution in [0.3, 0.4) is 0 Å². The lowest BCUT2D eigenvalue weighted by atomic mass is 10.2. The van der Waals surface area contributed by atoms with Gasteiger partial charge in [0.25, 0.3) is 0 Å². The molecular weight excluding hydrogens is 214 g/mol. The molecule has 0 N–H and O–H groups in total. The topological polar surface area (TPSA) is 3.24 Å². The SMILES string of the molecule is CC1=CN(Cc2ccccc2)C(Cl)S1. The van der Waals surface area contributed by atoms with Crippen molar-refractivity contribution in [3.05, 3.63) is 47.0 Å². The number of alkyl halides is 1. The summed E-state index contributed by atoms with van der Waals surface area (Å²) in [6, 6.07) is 10.4. The molecule has 74 valence electrons. The van der Waals surface area contributed by atoms with Crippen molar-refractivity contribution in [3.63, 3.8) is 0 Å². The summed E-state index contributed by atoms with van der Waals surface area (Å²) in [5.41, 5.74) is 1.30. The van der Waals surface area contributed by atoms with Crippen LogP contribution in [0.25, 0.3) is 0 Å². The van der Waals surface area contributed by atoms with E-state index in [0.29, 0.717) is 0 Å². The van der Waals surface area contributed by atoms with Crippen molar-refractivity contribution >= 4 is 23.4 Å². The molecule has 0 fully saturated rings. The van der Waals surface area contributed by atoms with Gasteiger partial charge < -0.3 is 4.90 Å². The van der Waals surface area contributed by atoms with E-state index in [1.54, 1.807) is 11.8 Å². The molecule has 2 rings (SSSR count). The number of nitrogens with zero attached hydrogens (tertiary/aromatic N) is 1. The lowest BCUT2D eigenvalue weighted by molar-refractivity contribution is 0.414. The fourth-order valence-electron chi connectivity index (χ4n) is 1.46. The molecule has 0 aliphatic carbocycles. The minimum absolute atomic E-state index is 0.0511. The van der Waals surface area contributed by atoms with E-state index in [4.69, 9.17) is 11.6 Å². The molecule has 0 radical (unpaired) electrons. The number of hydrogen-bond donors (Lipinski definition) is 0. The average molecular weight is 226 g/mol. The summed E-state index contributed by atoms with van der Waals surface area (Å²) < 4.78 is 0. The number of allylic oxidation sites excluding steroid dienone is 1. The molecule has 0 aromatic heterocycles. The second kappa shape index (κ2) is 4.28. The molecule has 1 heterocycles. The zero-order chi connectivity index (χ0) is 9.97. The number of hydrogen-bond acceptors (Lipinski definition) is 2. The highest BCUT2D eigenvalue weighted by Gasteiger charge is 2.20. The Morgan fingerprint density at radius 1 is 1.36 bits per heavy atom. The Morgan fingerprint density at radius 3 is 2.64 bits per heavy atom. The Balaban J connectivity index is 2.05. The zero-order valence-electron chi connectivity index (χ0n) is 7.98. The first-order valence-electron chi connectivity index (χ1n) is 4.54. The number of rotatable bonds is 2. The van der Waals surface area contributed by atoms with Crippen molar-refractivity contribution < 1.29 is 0 Å². The van der Waals surface area contributed by atoms with Gasteiger partial charge in [0.05, 0.1) is 0 Å². The lowest BCUT2D eigenvalue weighted by Gasteiger charge is -2.19. The molecule has 1 aliphatic rings. The molecule has 1 aromatic carbocycles. The summed E-state index contributed by atoms with van der Waals surface area (Å²) in [5.74, 6) is 0. The van der Waals surface area contributed by atoms with Gasteiger partial charge in [-0.25, -0.2) is 0 Å². The van der Waals surface area contributed by atoms with Crippen LogP contribution in [-0.4, -0.2) is 9.73 Å². The third-order valence-corrected chi connectivity index (χ3v) is 3.56. The minimum Gasteiger partial charge on any atom is -0.348 e. The summed E-state index contributed by atoms with van der Waals surface area (Å²) >= 11 is 7.86. The van der Waals surface area contributed by atoms with Gasteiger partial charge in [-0.05, 0) is 12.5 Å². The fourth-order valence-corrected chi connectivity index (χ4v) is 2.78. The van der Waals surface area contributed by atoms with Crippen LogP contribution in [0, 0.1) is 0 Å². The Kier molecular flexibility index (Phi) is 3.04. The third kappa shape index (κ3) is 2.25. The van der Waals surface area contributed by atoms with Gasteiger partial charge in [-0.2, -0.15) is 0 Å². The summed E-state index contributed by atoms with van der Waals surface area (Å²) in [4.78, 5) is 3.48. The van der Waals surface area contributed by atoms with Gasteiger partial charge in [0, 0.05) is 17.6 Å². The molecule has 14 heavy (non-hydrogen) atoms. The zero-order valence-corrected chi connectivity index (χ0v) is 9.55. The van der Waals surface area contributed by atoms with Gasteiger partial charge in [-0.15, -0.1) is 0 Å². The molecule has 1 unspecified atom stereocenters. The number of thioether (sulfide) groups is 1. The smallest absolute Gasteiger partial charge is 0.155 e. The molecule has 0 spiro atoms. The van der Waals surface area contributed by atoms with Gasteiger partial charge >= 0.3 is 0 Å². The maximum Gasteiger partial charge on any atom is 0.155 e. The average Bonchev–Trinajstić information content (AvgIpc) is 2.47. The van der Waals surface area contributed by atoms with Gasteiger partial charge in [0.1, 0.15) is 0 Å². The minimum atomic E-state index is 0.0511. The Hall–Kier alpha value is -0.600. The van der Waals surface area contributed by atoms with Crippen molar-refractivity contribution in [1.29, 1.82) is 0 Å². The van der Waals surface area contributed by atoms with E-state index in [2.05, 4.69) is 42.3 Å². The van der Waals surface area contributed by atoms with Crippen molar-refractivity contribution in [2.24, 2.45) is 0 Å². The quantitative estimate of drug-likeness (QED) is 0.559. The number of halogens is 1. The van der Waals surface area contributed by atoms with Crippen LogP contribution in [0.2, 0.25) is 0 Å². The maximum absolute atomic E-state index is 6.16. The van der Waals surface area contributed by atoms with Gasteiger partial charge in [0.15, 0.2) is 4.83 Å². The number of benzene rings is 1. The van der Waals surface area contributed by atoms with Crippen LogP contribution >= 0.6 is 23.4 Å². The van der Waals surface area contributed by atoms with Gasteiger partial charge in [-0.1, -0.05) is 53.7 Å². The standard InChI is InChI=1S/C11H12ClNS/c1-9-7-13(11(12)14-9)8-10-5-3-2-4-6-10/h2-7,11H,8H2,1H3. The van der Waals surface area contributed by atoms with Crippen molar-refractivity contribution in [1.82, 2.24) is 4.90 Å². The predicted molar refractivity (Wildman–Crippen MR) is 63.0 cm³/mol. The van der Waals surface area contributed by atoms with Crippen molar-refractivity contribution in [2.45, 2.75) is 18.3 Å². The highest BCUT2D eigenvalue weighted by atomic mass is 35.5. The second-order valence-electron chi connectivity index (χ2n) is 3.31. The Bertz CT molecular complexity index is 336. The fraction of sp³-hybridized carbons (Fsp3) is 0.273. The Morgan fingerprint density at radius 2 is 2.07 bits per heavy atom. The second-order valence-corrected chi connectivity index (χ2v) is 5.31. The molecule has 3 heteroatoms. The van der Waals surface area contributed by atoms with Crippen LogP contribution in [0.5, 0.6) is 0 Å². The van der Waals surface area contributed by atoms with E-state index >= 15 is 0 Å². The third-order valence-electron chi connectivity index (χ3n) is 2.10. The summed E-state index contributed by atoms with van der Waals surface area (Å²) in [7, 11) is 0. The monoisotopic (exact) mass is 225 g/mol. The Labute approximate surface area is 93.7 Å². The van der Waals surface area contributed by atoms with Crippen LogP contribution in [0.1, 0.15) is 12.5 Å². The van der Waals surface area contributed by atoms with E-state index in [1.807, 2.05) is 6.07 Å². The van der Waals surface area contributed by atoms with Gasteiger partial charge in [0.2, 0.25) is 0 Å².